The average Bonchev–Trinajstić information content (AvgIpc) is 3.17. The molecule has 0 saturated heterocycles. The molecule has 0 fully saturated rings. The molecule has 2 heterocycles. The lowest BCUT2D eigenvalue weighted by Gasteiger charge is -2.31. The number of aromatic amines is 1. The Morgan fingerprint density at radius 1 is 0.885 bits per heavy atom. The van der Waals surface area contributed by atoms with E-state index in [1.807, 2.05) is 0 Å². The minimum absolute atomic E-state index is 0.0575. The van der Waals surface area contributed by atoms with E-state index in [0.717, 1.165) is 0 Å². The Bertz CT molecular complexity index is 2060. The summed E-state index contributed by atoms with van der Waals surface area (Å²) < 4.78 is 5.95. The summed E-state index contributed by atoms with van der Waals surface area (Å²) in [4.78, 5) is 102. The van der Waals surface area contributed by atoms with Crippen LogP contribution in [0.15, 0.2) is 35.3 Å². The van der Waals surface area contributed by atoms with Gasteiger partial charge in [-0.15, -0.1) is 0 Å². The number of aliphatic carboxylic acids is 2. The first kappa shape index (κ1) is 49.1. The van der Waals surface area contributed by atoms with E-state index in [1.54, 1.807) is 58.9 Å². The largest absolute Gasteiger partial charge is 0.481 e. The second kappa shape index (κ2) is 23.0. The van der Waals surface area contributed by atoms with Crippen LogP contribution in [0.2, 0.25) is 0 Å². The number of nitrogens with one attached hydrogen (secondary N) is 6. The predicted molar refractivity (Wildman–Crippen MR) is 225 cm³/mol. The van der Waals surface area contributed by atoms with E-state index in [9.17, 15) is 43.8 Å². The molecular formula is C40H59N11O10. The number of unbranched alkanes of at least 4 members (excludes halogenated alkanes) is 1. The van der Waals surface area contributed by atoms with Gasteiger partial charge in [0.25, 0.3) is 11.5 Å². The van der Waals surface area contributed by atoms with Crippen LogP contribution in [0.5, 0.6) is 0 Å². The zero-order valence-electron chi connectivity index (χ0n) is 35.3. The molecule has 3 rings (SSSR count). The first-order valence-electron chi connectivity index (χ1n) is 20.0. The third kappa shape index (κ3) is 17.5. The van der Waals surface area contributed by atoms with Gasteiger partial charge in [-0.05, 0) is 104 Å². The Labute approximate surface area is 353 Å². The fraction of sp³-hybridized carbons (Fsp3) is 0.550. The van der Waals surface area contributed by atoms with Crippen LogP contribution in [-0.4, -0.2) is 108 Å². The lowest BCUT2D eigenvalue weighted by molar-refractivity contribution is -0.143. The Balaban J connectivity index is 1.45. The van der Waals surface area contributed by atoms with Crippen LogP contribution in [0.4, 0.5) is 11.6 Å². The fourth-order valence-electron chi connectivity index (χ4n) is 6.02. The number of ether oxygens (including phenoxy) is 1. The summed E-state index contributed by atoms with van der Waals surface area (Å²) in [7, 11) is 0. The zero-order valence-corrected chi connectivity index (χ0v) is 35.3. The quantitative estimate of drug-likeness (QED) is 0.0509. The molecule has 3 atom stereocenters. The standard InChI is InChI=1S/C40H59N11O10/c1-23(45-34(56)24-10-12-25(13-11-24)43-21-26-22-44-33-32(46-26)36(58)50-38(42)49-33)9-15-29(52)47-27(14-16-31(54)55)35(57)51-39(2,3)17-19-61-40(4,5)20-30(53)48-28(37(59)60)8-6-7-18-41/h10-13,22-23,27-28,43H,6-9,14-21,41H2,1-5H3,(H,45,56)(H,47,52)(H,48,53)(H,51,57)(H,54,55)(H,59,60)(H3,42,44,49,50,58)/t23-,27+,28+/m1/s1. The zero-order chi connectivity index (χ0) is 45.3. The molecule has 61 heavy (non-hydrogen) atoms. The van der Waals surface area contributed by atoms with Crippen molar-refractivity contribution in [3.8, 4) is 0 Å². The molecule has 0 unspecified atom stereocenters. The third-order valence-corrected chi connectivity index (χ3v) is 9.44. The highest BCUT2D eigenvalue weighted by Crippen LogP contribution is 2.19. The number of carboxylic acids is 2. The predicted octanol–water partition coefficient (Wildman–Crippen LogP) is 1.32. The Kier molecular flexibility index (Phi) is 18.5. The second-order valence-electron chi connectivity index (χ2n) is 16.0. The van der Waals surface area contributed by atoms with E-state index < -0.39 is 64.5 Å². The van der Waals surface area contributed by atoms with Gasteiger partial charge in [-0.2, -0.15) is 4.98 Å². The van der Waals surface area contributed by atoms with Gasteiger partial charge in [0.1, 0.15) is 12.1 Å². The molecule has 334 valence electrons. The number of nitrogen functional groups attached to an aromatic ring is 1. The average molecular weight is 854 g/mol. The highest BCUT2D eigenvalue weighted by atomic mass is 16.5. The van der Waals surface area contributed by atoms with Crippen LogP contribution in [0.25, 0.3) is 11.2 Å². The van der Waals surface area contributed by atoms with Gasteiger partial charge in [-0.3, -0.25) is 33.8 Å². The Hall–Kier alpha value is -6.22. The van der Waals surface area contributed by atoms with Gasteiger partial charge < -0.3 is 53.0 Å². The molecule has 1 aromatic carbocycles. The molecule has 0 aliphatic carbocycles. The minimum Gasteiger partial charge on any atom is -0.481 e. The van der Waals surface area contributed by atoms with Crippen LogP contribution < -0.4 is 43.6 Å². The molecule has 12 N–H and O–H groups in total. The molecule has 0 bridgehead atoms. The van der Waals surface area contributed by atoms with Crippen molar-refractivity contribution >= 4 is 58.4 Å². The van der Waals surface area contributed by atoms with Crippen LogP contribution in [0.1, 0.15) is 108 Å². The highest BCUT2D eigenvalue weighted by Gasteiger charge is 2.30. The first-order chi connectivity index (χ1) is 28.7. The van der Waals surface area contributed by atoms with Crippen molar-refractivity contribution < 1.29 is 43.7 Å². The van der Waals surface area contributed by atoms with Crippen molar-refractivity contribution in [3.63, 3.8) is 0 Å². The molecule has 2 aromatic heterocycles. The van der Waals surface area contributed by atoms with Gasteiger partial charge in [0.2, 0.25) is 23.7 Å². The molecular weight excluding hydrogens is 795 g/mol. The number of benzene rings is 1. The van der Waals surface area contributed by atoms with Gasteiger partial charge >= 0.3 is 11.9 Å². The smallest absolute Gasteiger partial charge is 0.326 e. The lowest BCUT2D eigenvalue weighted by atomic mass is 9.98. The van der Waals surface area contributed by atoms with Crippen molar-refractivity contribution in [1.29, 1.82) is 0 Å². The van der Waals surface area contributed by atoms with Crippen molar-refractivity contribution in [1.82, 2.24) is 41.2 Å². The van der Waals surface area contributed by atoms with E-state index in [-0.39, 0.29) is 81.1 Å². The molecule has 3 aromatic rings. The van der Waals surface area contributed by atoms with Crippen molar-refractivity contribution in [2.75, 3.05) is 24.2 Å². The van der Waals surface area contributed by atoms with Gasteiger partial charge in [0, 0.05) is 42.3 Å². The summed E-state index contributed by atoms with van der Waals surface area (Å²) in [5.41, 5.74) is 10.4. The van der Waals surface area contributed by atoms with E-state index in [4.69, 9.17) is 16.2 Å². The maximum atomic E-state index is 13.4. The number of nitrogens with two attached hydrogens (primary N) is 2. The Morgan fingerprint density at radius 2 is 1.57 bits per heavy atom. The molecule has 0 saturated carbocycles. The van der Waals surface area contributed by atoms with E-state index >= 15 is 0 Å². The summed E-state index contributed by atoms with van der Waals surface area (Å²) in [5.74, 6) is -4.28. The number of carbonyl (C=O) groups excluding carboxylic acids is 4. The van der Waals surface area contributed by atoms with Gasteiger partial charge in [-0.1, -0.05) is 0 Å². The Morgan fingerprint density at radius 3 is 2.23 bits per heavy atom. The molecule has 0 aliphatic rings. The number of anilines is 2. The number of H-pyrrole nitrogens is 1. The summed E-state index contributed by atoms with van der Waals surface area (Å²) in [6, 6.07) is 4.00. The van der Waals surface area contributed by atoms with Crippen molar-refractivity contribution in [2.45, 2.75) is 128 Å². The van der Waals surface area contributed by atoms with Crippen molar-refractivity contribution in [3.05, 3.63) is 52.1 Å². The highest BCUT2D eigenvalue weighted by molar-refractivity contribution is 5.94. The monoisotopic (exact) mass is 853 g/mol. The molecule has 21 heteroatoms. The normalized spacial score (nSPS) is 13.1. The summed E-state index contributed by atoms with van der Waals surface area (Å²) >= 11 is 0. The first-order valence-corrected chi connectivity index (χ1v) is 20.0. The van der Waals surface area contributed by atoms with Crippen molar-refractivity contribution in [2.24, 2.45) is 5.73 Å². The number of rotatable bonds is 26. The second-order valence-corrected chi connectivity index (χ2v) is 16.0. The number of carbonyl (C=O) groups is 6. The van der Waals surface area contributed by atoms with Crippen LogP contribution in [0, 0.1) is 0 Å². The number of carboxylic acid groups (broad SMARTS) is 2. The van der Waals surface area contributed by atoms with Crippen LogP contribution in [-0.2, 0) is 35.3 Å². The molecule has 4 amide bonds. The van der Waals surface area contributed by atoms with Gasteiger partial charge in [0.15, 0.2) is 11.2 Å². The van der Waals surface area contributed by atoms with Crippen LogP contribution in [0.3, 0.4) is 0 Å². The SMILES string of the molecule is C[C@H](CCC(=O)N[C@@H](CCC(=O)O)C(=O)NC(C)(C)CCOC(C)(C)CC(=O)N[C@@H](CCCCN)C(=O)O)NC(=O)c1ccc(NCc2cnc3nc(N)[nH]c(=O)c3n2)cc1. The summed E-state index contributed by atoms with van der Waals surface area (Å²) in [6.07, 6.45) is 2.73. The maximum absolute atomic E-state index is 13.4. The summed E-state index contributed by atoms with van der Waals surface area (Å²) in [5, 5.41) is 32.8. The maximum Gasteiger partial charge on any atom is 0.326 e. The number of nitrogens with zero attached hydrogens (tertiary/aromatic N) is 3. The molecule has 0 radical (unpaired) electrons. The number of fused-ring (bicyclic) bond motifs is 1. The number of hydrogen-bond donors (Lipinski definition) is 10. The minimum atomic E-state index is -1.15. The number of aromatic nitrogens is 4. The van der Waals surface area contributed by atoms with E-state index in [2.05, 4.69) is 46.5 Å². The topological polar surface area (TPSA) is 336 Å². The molecule has 0 aliphatic heterocycles. The molecule has 0 spiro atoms. The van der Waals surface area contributed by atoms with Crippen LogP contribution >= 0.6 is 0 Å². The number of amides is 4. The van der Waals surface area contributed by atoms with E-state index in [0.29, 0.717) is 36.3 Å². The third-order valence-electron chi connectivity index (χ3n) is 9.44. The molecule has 21 nitrogen and oxygen atoms in total. The summed E-state index contributed by atoms with van der Waals surface area (Å²) in [6.45, 7) is 9.35. The van der Waals surface area contributed by atoms with E-state index in [1.165, 1.54) is 6.20 Å². The van der Waals surface area contributed by atoms with Gasteiger partial charge in [-0.25, -0.2) is 14.8 Å². The lowest BCUT2D eigenvalue weighted by Crippen LogP contribution is -2.54. The fourth-order valence-corrected chi connectivity index (χ4v) is 6.02. The van der Waals surface area contributed by atoms with Gasteiger partial charge in [0.05, 0.1) is 30.5 Å². The number of hydrogen-bond acceptors (Lipinski definition) is 14.